The van der Waals surface area contributed by atoms with Crippen molar-refractivity contribution < 1.29 is 13.6 Å². The van der Waals surface area contributed by atoms with Gasteiger partial charge in [-0.3, -0.25) is 4.79 Å². The number of carbonyl (C=O) groups is 1. The molecule has 4 heteroatoms. The van der Waals surface area contributed by atoms with Crippen LogP contribution in [0.4, 0.5) is 8.78 Å². The van der Waals surface area contributed by atoms with E-state index < -0.39 is 18.1 Å². The van der Waals surface area contributed by atoms with E-state index in [4.69, 9.17) is 11.6 Å². The van der Waals surface area contributed by atoms with Crippen molar-refractivity contribution in [2.45, 2.75) is 12.3 Å². The second kappa shape index (κ2) is 5.93. The van der Waals surface area contributed by atoms with Crippen LogP contribution in [0.15, 0.2) is 54.6 Å². The highest BCUT2D eigenvalue weighted by atomic mass is 35.5. The predicted octanol–water partition coefficient (Wildman–Crippen LogP) is 4.57. The van der Waals surface area contributed by atoms with Gasteiger partial charge in [0.05, 0.1) is 0 Å². The molecule has 0 N–H and O–H groups in total. The number of halogens is 3. The first-order chi connectivity index (χ1) is 9.09. The Morgan fingerprint density at radius 3 is 2.05 bits per heavy atom. The van der Waals surface area contributed by atoms with E-state index in [-0.39, 0.29) is 11.1 Å². The normalized spacial score (nSPS) is 12.4. The van der Waals surface area contributed by atoms with Crippen LogP contribution in [-0.4, -0.2) is 12.2 Å². The van der Waals surface area contributed by atoms with E-state index in [1.54, 1.807) is 18.2 Å². The Morgan fingerprint density at radius 1 is 0.947 bits per heavy atom. The molecule has 0 saturated heterocycles. The molecule has 0 aliphatic carbocycles. The molecule has 0 aromatic heterocycles. The van der Waals surface area contributed by atoms with E-state index in [9.17, 15) is 13.6 Å². The number of carbonyl (C=O) groups excluding carboxylic acids is 1. The van der Waals surface area contributed by atoms with Crippen molar-refractivity contribution in [3.8, 4) is 0 Å². The van der Waals surface area contributed by atoms with Gasteiger partial charge in [0.25, 0.3) is 6.43 Å². The number of benzene rings is 2. The number of hydrogen-bond acceptors (Lipinski definition) is 1. The predicted molar refractivity (Wildman–Crippen MR) is 71.0 cm³/mol. The molecule has 0 heterocycles. The minimum atomic E-state index is -2.76. The number of hydrogen-bond donors (Lipinski definition) is 0. The molecular weight excluding hydrogens is 270 g/mol. The van der Waals surface area contributed by atoms with Crippen molar-refractivity contribution in [2.75, 3.05) is 0 Å². The maximum absolute atomic E-state index is 13.2. The molecule has 0 bridgehead atoms. The van der Waals surface area contributed by atoms with Crippen LogP contribution in [0.5, 0.6) is 0 Å². The van der Waals surface area contributed by atoms with Gasteiger partial charge in [0.2, 0.25) is 0 Å². The molecular formula is C15H11ClF2O. The van der Waals surface area contributed by atoms with E-state index in [0.29, 0.717) is 5.02 Å². The fraction of sp³-hybridized carbons (Fsp3) is 0.133. The van der Waals surface area contributed by atoms with Crippen LogP contribution in [0, 0.1) is 0 Å². The summed E-state index contributed by atoms with van der Waals surface area (Å²) < 4.78 is 26.3. The zero-order chi connectivity index (χ0) is 13.8. The summed E-state index contributed by atoms with van der Waals surface area (Å²) in [6.07, 6.45) is -2.76. The third-order valence-corrected chi connectivity index (χ3v) is 3.07. The topological polar surface area (TPSA) is 17.1 Å². The summed E-state index contributed by atoms with van der Waals surface area (Å²) in [6.45, 7) is 0. The molecule has 98 valence electrons. The maximum Gasteiger partial charge on any atom is 0.252 e. The average molecular weight is 281 g/mol. The van der Waals surface area contributed by atoms with Crippen molar-refractivity contribution in [2.24, 2.45) is 0 Å². The van der Waals surface area contributed by atoms with Crippen molar-refractivity contribution >= 4 is 17.4 Å². The van der Waals surface area contributed by atoms with Gasteiger partial charge in [0.1, 0.15) is 5.92 Å². The second-order valence-corrected chi connectivity index (χ2v) is 4.53. The largest absolute Gasteiger partial charge is 0.293 e. The smallest absolute Gasteiger partial charge is 0.252 e. The van der Waals surface area contributed by atoms with E-state index in [1.807, 2.05) is 0 Å². The Kier molecular flexibility index (Phi) is 4.27. The molecule has 1 atom stereocenters. The van der Waals surface area contributed by atoms with Crippen LogP contribution in [0.2, 0.25) is 5.02 Å². The zero-order valence-electron chi connectivity index (χ0n) is 9.89. The van der Waals surface area contributed by atoms with Gasteiger partial charge < -0.3 is 0 Å². The number of ketones is 1. The van der Waals surface area contributed by atoms with Crippen LogP contribution in [0.3, 0.4) is 0 Å². The van der Waals surface area contributed by atoms with Gasteiger partial charge in [0, 0.05) is 10.6 Å². The summed E-state index contributed by atoms with van der Waals surface area (Å²) in [7, 11) is 0. The molecule has 0 amide bonds. The lowest BCUT2D eigenvalue weighted by molar-refractivity contribution is 0.0735. The standard InChI is InChI=1S/C15H11ClF2O/c16-12-8-6-10(7-9-12)13(15(17)18)14(19)11-4-2-1-3-5-11/h1-9,13,15H. The Hall–Kier alpha value is -1.74. The van der Waals surface area contributed by atoms with Gasteiger partial charge in [0.15, 0.2) is 5.78 Å². The lowest BCUT2D eigenvalue weighted by atomic mass is 9.91. The molecule has 0 aliphatic rings. The molecule has 0 aliphatic heterocycles. The van der Waals surface area contributed by atoms with Gasteiger partial charge >= 0.3 is 0 Å². The number of Topliss-reactive ketones (excluding diaryl/α,β-unsaturated/α-hetero) is 1. The Labute approximate surface area is 114 Å². The van der Waals surface area contributed by atoms with E-state index >= 15 is 0 Å². The van der Waals surface area contributed by atoms with Crippen LogP contribution in [0.25, 0.3) is 0 Å². The van der Waals surface area contributed by atoms with E-state index in [2.05, 4.69) is 0 Å². The van der Waals surface area contributed by atoms with Gasteiger partial charge in [-0.2, -0.15) is 0 Å². The fourth-order valence-electron chi connectivity index (χ4n) is 1.86. The minimum absolute atomic E-state index is 0.272. The summed E-state index contributed by atoms with van der Waals surface area (Å²) in [4.78, 5) is 12.2. The lowest BCUT2D eigenvalue weighted by Gasteiger charge is -2.15. The lowest BCUT2D eigenvalue weighted by Crippen LogP contribution is -2.20. The fourth-order valence-corrected chi connectivity index (χ4v) is 1.99. The molecule has 2 rings (SSSR count). The van der Waals surface area contributed by atoms with Crippen molar-refractivity contribution in [1.82, 2.24) is 0 Å². The van der Waals surface area contributed by atoms with Gasteiger partial charge in [-0.15, -0.1) is 0 Å². The van der Waals surface area contributed by atoms with Crippen LogP contribution in [0.1, 0.15) is 21.8 Å². The monoisotopic (exact) mass is 280 g/mol. The van der Waals surface area contributed by atoms with Gasteiger partial charge in [-0.25, -0.2) is 8.78 Å². The third-order valence-electron chi connectivity index (χ3n) is 2.82. The summed E-state index contributed by atoms with van der Waals surface area (Å²) in [5.74, 6) is -2.04. The Morgan fingerprint density at radius 2 is 1.53 bits per heavy atom. The van der Waals surface area contributed by atoms with E-state index in [1.165, 1.54) is 36.4 Å². The highest BCUT2D eigenvalue weighted by molar-refractivity contribution is 6.30. The van der Waals surface area contributed by atoms with Gasteiger partial charge in [-0.05, 0) is 17.7 Å². The second-order valence-electron chi connectivity index (χ2n) is 4.09. The summed E-state index contributed by atoms with van der Waals surface area (Å²) in [6, 6.07) is 14.0. The van der Waals surface area contributed by atoms with Crippen molar-refractivity contribution in [1.29, 1.82) is 0 Å². The molecule has 2 aromatic rings. The molecule has 0 saturated carbocycles. The highest BCUT2D eigenvalue weighted by Crippen LogP contribution is 2.28. The summed E-state index contributed by atoms with van der Waals surface area (Å²) >= 11 is 5.72. The molecule has 1 nitrogen and oxygen atoms in total. The van der Waals surface area contributed by atoms with Crippen LogP contribution in [-0.2, 0) is 0 Å². The van der Waals surface area contributed by atoms with Crippen LogP contribution < -0.4 is 0 Å². The minimum Gasteiger partial charge on any atom is -0.293 e. The first-order valence-corrected chi connectivity index (χ1v) is 6.10. The molecule has 0 fully saturated rings. The maximum atomic E-state index is 13.2. The molecule has 0 spiro atoms. The SMILES string of the molecule is O=C(c1ccccc1)C(c1ccc(Cl)cc1)C(F)F. The molecule has 19 heavy (non-hydrogen) atoms. The molecule has 0 radical (unpaired) electrons. The first kappa shape index (κ1) is 13.7. The third kappa shape index (κ3) is 3.18. The van der Waals surface area contributed by atoms with Gasteiger partial charge in [-0.1, -0.05) is 54.1 Å². The van der Waals surface area contributed by atoms with Crippen LogP contribution >= 0.6 is 11.6 Å². The summed E-state index contributed by atoms with van der Waals surface area (Å²) in [5.41, 5.74) is 0.552. The zero-order valence-corrected chi connectivity index (χ0v) is 10.6. The first-order valence-electron chi connectivity index (χ1n) is 5.72. The number of alkyl halides is 2. The Bertz CT molecular complexity index is 552. The molecule has 2 aromatic carbocycles. The molecule has 1 unspecified atom stereocenters. The number of rotatable bonds is 4. The summed E-state index contributed by atoms with van der Waals surface area (Å²) in [5, 5.41) is 0.448. The average Bonchev–Trinajstić information content (AvgIpc) is 2.42. The van der Waals surface area contributed by atoms with Crippen molar-refractivity contribution in [3.63, 3.8) is 0 Å². The highest BCUT2D eigenvalue weighted by Gasteiger charge is 2.30. The quantitative estimate of drug-likeness (QED) is 0.750. The van der Waals surface area contributed by atoms with E-state index in [0.717, 1.165) is 0 Å². The van der Waals surface area contributed by atoms with Crippen molar-refractivity contribution in [3.05, 3.63) is 70.7 Å². The Balaban J connectivity index is 2.36.